The van der Waals surface area contributed by atoms with Crippen LogP contribution in [-0.4, -0.2) is 35.2 Å². The van der Waals surface area contributed by atoms with Gasteiger partial charge >= 0.3 is 0 Å². The average molecular weight is 376 g/mol. The van der Waals surface area contributed by atoms with Crippen LogP contribution >= 0.6 is 0 Å². The second-order valence-corrected chi connectivity index (χ2v) is 6.71. The molecule has 2 aromatic carbocycles. The molecule has 1 aliphatic heterocycles. The Morgan fingerprint density at radius 3 is 2.57 bits per heavy atom. The highest BCUT2D eigenvalue weighted by Crippen LogP contribution is 2.26. The van der Waals surface area contributed by atoms with Gasteiger partial charge in [-0.05, 0) is 30.5 Å². The molecule has 4 rings (SSSR count). The number of aryl methyl sites for hydroxylation is 1. The Balaban J connectivity index is 1.75. The first-order valence-electron chi connectivity index (χ1n) is 9.20. The van der Waals surface area contributed by atoms with Crippen LogP contribution in [0.15, 0.2) is 53.3 Å². The molecule has 0 spiro atoms. The molecular formula is C21H20N4O3. The standard InChI is InChI=1S/C21H20N4O3/c1-22-20(27)19-15-9-3-4-10-16(15)21(28)25(23-19)13-18(26)24-12-6-8-14-7-2-5-11-17(14)24/h2-5,7,9-11H,6,8,12-13H2,1H3,(H,22,27). The molecule has 1 N–H and O–H groups in total. The van der Waals surface area contributed by atoms with E-state index in [1.807, 2.05) is 24.3 Å². The Bertz CT molecular complexity index is 1140. The molecule has 7 heteroatoms. The summed E-state index contributed by atoms with van der Waals surface area (Å²) in [6, 6.07) is 14.6. The number of anilines is 1. The fourth-order valence-corrected chi connectivity index (χ4v) is 3.63. The normalized spacial score (nSPS) is 13.2. The van der Waals surface area contributed by atoms with Crippen molar-refractivity contribution in [2.45, 2.75) is 19.4 Å². The van der Waals surface area contributed by atoms with Crippen molar-refractivity contribution in [1.82, 2.24) is 15.1 Å². The van der Waals surface area contributed by atoms with Crippen LogP contribution in [0.5, 0.6) is 0 Å². The van der Waals surface area contributed by atoms with E-state index in [1.165, 1.54) is 7.05 Å². The zero-order valence-electron chi connectivity index (χ0n) is 15.5. The third-order valence-electron chi connectivity index (χ3n) is 5.01. The van der Waals surface area contributed by atoms with E-state index >= 15 is 0 Å². The number of benzene rings is 2. The highest BCUT2D eigenvalue weighted by Gasteiger charge is 2.24. The SMILES string of the molecule is CNC(=O)c1nn(CC(=O)N2CCCc3ccccc32)c(=O)c2ccccc12. The maximum atomic E-state index is 13.0. The summed E-state index contributed by atoms with van der Waals surface area (Å²) in [5.74, 6) is -0.624. The van der Waals surface area contributed by atoms with E-state index in [1.54, 1.807) is 29.2 Å². The van der Waals surface area contributed by atoms with Gasteiger partial charge in [-0.15, -0.1) is 0 Å². The second kappa shape index (κ2) is 7.26. The first-order valence-corrected chi connectivity index (χ1v) is 9.20. The maximum Gasteiger partial charge on any atom is 0.275 e. The molecule has 0 unspecified atom stereocenters. The molecule has 1 aromatic heterocycles. The summed E-state index contributed by atoms with van der Waals surface area (Å²) in [7, 11) is 1.50. The van der Waals surface area contributed by atoms with Crippen molar-refractivity contribution < 1.29 is 9.59 Å². The van der Waals surface area contributed by atoms with Crippen molar-refractivity contribution in [2.75, 3.05) is 18.5 Å². The highest BCUT2D eigenvalue weighted by molar-refractivity contribution is 6.04. The van der Waals surface area contributed by atoms with Crippen molar-refractivity contribution in [3.63, 3.8) is 0 Å². The van der Waals surface area contributed by atoms with Gasteiger partial charge in [0.05, 0.1) is 5.39 Å². The number of nitrogens with zero attached hydrogens (tertiary/aromatic N) is 3. The molecule has 0 saturated heterocycles. The van der Waals surface area contributed by atoms with Crippen LogP contribution in [0.4, 0.5) is 5.69 Å². The Morgan fingerprint density at radius 1 is 1.07 bits per heavy atom. The monoisotopic (exact) mass is 376 g/mol. The molecule has 2 amide bonds. The maximum absolute atomic E-state index is 13.0. The Kier molecular flexibility index (Phi) is 4.65. The Hall–Kier alpha value is -3.48. The van der Waals surface area contributed by atoms with Crippen LogP contribution in [0.1, 0.15) is 22.5 Å². The van der Waals surface area contributed by atoms with Gasteiger partial charge in [-0.1, -0.05) is 36.4 Å². The van der Waals surface area contributed by atoms with Crippen molar-refractivity contribution in [3.05, 3.63) is 70.1 Å². The molecular weight excluding hydrogens is 356 g/mol. The van der Waals surface area contributed by atoms with Crippen molar-refractivity contribution in [3.8, 4) is 0 Å². The van der Waals surface area contributed by atoms with E-state index in [0.717, 1.165) is 28.8 Å². The van der Waals surface area contributed by atoms with Crippen molar-refractivity contribution in [2.24, 2.45) is 0 Å². The summed E-state index contributed by atoms with van der Waals surface area (Å²) in [4.78, 5) is 39.8. The largest absolute Gasteiger partial charge is 0.354 e. The van der Waals surface area contributed by atoms with Crippen LogP contribution in [0.2, 0.25) is 0 Å². The highest BCUT2D eigenvalue weighted by atomic mass is 16.2. The average Bonchev–Trinajstić information content (AvgIpc) is 2.74. The minimum atomic E-state index is -0.402. The van der Waals surface area contributed by atoms with Gasteiger partial charge in [0, 0.05) is 24.7 Å². The third-order valence-corrected chi connectivity index (χ3v) is 5.01. The minimum Gasteiger partial charge on any atom is -0.354 e. The van der Waals surface area contributed by atoms with Crippen LogP contribution in [-0.2, 0) is 17.8 Å². The van der Waals surface area contributed by atoms with Crippen molar-refractivity contribution in [1.29, 1.82) is 0 Å². The van der Waals surface area contributed by atoms with E-state index in [-0.39, 0.29) is 23.7 Å². The van der Waals surface area contributed by atoms with Gasteiger partial charge in [-0.2, -0.15) is 5.10 Å². The Labute approximate surface area is 161 Å². The van der Waals surface area contributed by atoms with E-state index in [2.05, 4.69) is 10.4 Å². The number of hydrogen-bond donors (Lipinski definition) is 1. The molecule has 0 saturated carbocycles. The first-order chi connectivity index (χ1) is 13.6. The van der Waals surface area contributed by atoms with Crippen LogP contribution in [0.25, 0.3) is 10.8 Å². The molecule has 28 heavy (non-hydrogen) atoms. The number of hydrogen-bond acceptors (Lipinski definition) is 4. The number of rotatable bonds is 3. The zero-order chi connectivity index (χ0) is 19.7. The fraction of sp³-hybridized carbons (Fsp3) is 0.238. The molecule has 0 bridgehead atoms. The fourth-order valence-electron chi connectivity index (χ4n) is 3.63. The van der Waals surface area contributed by atoms with E-state index in [9.17, 15) is 14.4 Å². The Morgan fingerprint density at radius 2 is 1.79 bits per heavy atom. The number of carbonyl (C=O) groups is 2. The van der Waals surface area contributed by atoms with Gasteiger partial charge in [0.1, 0.15) is 6.54 Å². The third kappa shape index (κ3) is 3.05. The van der Waals surface area contributed by atoms with Gasteiger partial charge in [-0.3, -0.25) is 14.4 Å². The smallest absolute Gasteiger partial charge is 0.275 e. The lowest BCUT2D eigenvalue weighted by Gasteiger charge is -2.29. The summed E-state index contributed by atoms with van der Waals surface area (Å²) in [5.41, 5.74) is 1.73. The summed E-state index contributed by atoms with van der Waals surface area (Å²) in [5, 5.41) is 7.58. The lowest BCUT2D eigenvalue weighted by Crippen LogP contribution is -2.40. The number of aromatic nitrogens is 2. The van der Waals surface area contributed by atoms with Gasteiger partial charge in [0.15, 0.2) is 5.69 Å². The quantitative estimate of drug-likeness (QED) is 0.755. The van der Waals surface area contributed by atoms with Crippen molar-refractivity contribution >= 4 is 28.3 Å². The molecule has 3 aromatic rings. The number of para-hydroxylation sites is 1. The van der Waals surface area contributed by atoms with Gasteiger partial charge in [-0.25, -0.2) is 4.68 Å². The predicted octanol–water partition coefficient (Wildman–Crippen LogP) is 1.74. The minimum absolute atomic E-state index is 0.129. The van der Waals surface area contributed by atoms with E-state index in [0.29, 0.717) is 17.3 Å². The number of amides is 2. The molecule has 1 aliphatic rings. The van der Waals surface area contributed by atoms with Gasteiger partial charge in [0.2, 0.25) is 5.91 Å². The van der Waals surface area contributed by atoms with Crippen LogP contribution < -0.4 is 15.8 Å². The lowest BCUT2D eigenvalue weighted by molar-refractivity contribution is -0.119. The van der Waals surface area contributed by atoms with Crippen LogP contribution in [0, 0.1) is 0 Å². The molecule has 0 atom stereocenters. The molecule has 2 heterocycles. The molecule has 0 aliphatic carbocycles. The van der Waals surface area contributed by atoms with E-state index < -0.39 is 5.91 Å². The predicted molar refractivity (Wildman–Crippen MR) is 107 cm³/mol. The summed E-state index contributed by atoms with van der Waals surface area (Å²) >= 11 is 0. The summed E-state index contributed by atoms with van der Waals surface area (Å²) < 4.78 is 1.09. The summed E-state index contributed by atoms with van der Waals surface area (Å²) in [6.07, 6.45) is 1.79. The zero-order valence-corrected chi connectivity index (χ0v) is 15.5. The molecule has 0 radical (unpaired) electrons. The summed E-state index contributed by atoms with van der Waals surface area (Å²) in [6.45, 7) is 0.377. The van der Waals surface area contributed by atoms with Gasteiger partial charge in [0.25, 0.3) is 11.5 Å². The molecule has 142 valence electrons. The van der Waals surface area contributed by atoms with E-state index in [4.69, 9.17) is 0 Å². The lowest BCUT2D eigenvalue weighted by atomic mass is 10.0. The second-order valence-electron chi connectivity index (χ2n) is 6.71. The topological polar surface area (TPSA) is 84.3 Å². The number of fused-ring (bicyclic) bond motifs is 2. The molecule has 7 nitrogen and oxygen atoms in total. The number of carbonyl (C=O) groups excluding carboxylic acids is 2. The number of nitrogens with one attached hydrogen (secondary N) is 1. The molecule has 0 fully saturated rings. The first kappa shape index (κ1) is 17.9. The van der Waals surface area contributed by atoms with Gasteiger partial charge < -0.3 is 10.2 Å². The van der Waals surface area contributed by atoms with Crippen LogP contribution in [0.3, 0.4) is 0 Å².